The molecule has 4 aromatic rings. The number of aromatic hydroxyl groups is 1. The number of amides is 2. The average Bonchev–Trinajstić information content (AvgIpc) is 3.18. The van der Waals surface area contributed by atoms with E-state index in [2.05, 4.69) is 5.32 Å². The van der Waals surface area contributed by atoms with Gasteiger partial charge >= 0.3 is 0 Å². The third kappa shape index (κ3) is 2.20. The van der Waals surface area contributed by atoms with Crippen molar-refractivity contribution in [1.29, 1.82) is 0 Å². The van der Waals surface area contributed by atoms with E-state index in [1.165, 1.54) is 0 Å². The number of furan rings is 1. The van der Waals surface area contributed by atoms with Crippen LogP contribution >= 0.6 is 11.6 Å². The molecule has 5 rings (SSSR count). The second kappa shape index (κ2) is 5.84. The molecule has 2 N–H and O–H groups in total. The molecule has 0 atom stereocenters. The minimum atomic E-state index is -0.483. The Kier molecular flexibility index (Phi) is 3.51. The normalized spacial score (nSPS) is 13.4. The Morgan fingerprint density at radius 1 is 1.04 bits per heavy atom. The van der Waals surface area contributed by atoms with Crippen LogP contribution in [0.5, 0.6) is 5.75 Å². The molecule has 0 fully saturated rings. The van der Waals surface area contributed by atoms with Crippen molar-refractivity contribution in [3.63, 3.8) is 0 Å². The smallest absolute Gasteiger partial charge is 0.259 e. The molecule has 0 bridgehead atoms. The van der Waals surface area contributed by atoms with Gasteiger partial charge in [0.15, 0.2) is 0 Å². The van der Waals surface area contributed by atoms with Gasteiger partial charge in [-0.3, -0.25) is 14.9 Å². The van der Waals surface area contributed by atoms with Gasteiger partial charge in [0.05, 0.1) is 11.1 Å². The molecule has 1 aliphatic heterocycles. The van der Waals surface area contributed by atoms with Crippen LogP contribution in [0.1, 0.15) is 33.2 Å². The Labute approximate surface area is 164 Å². The van der Waals surface area contributed by atoms with Crippen molar-refractivity contribution < 1.29 is 19.1 Å². The minimum Gasteiger partial charge on any atom is -0.508 e. The number of carbonyl (C=O) groups is 2. The maximum atomic E-state index is 12.7. The molecule has 3 aromatic carbocycles. The number of benzene rings is 3. The van der Waals surface area contributed by atoms with E-state index < -0.39 is 11.8 Å². The van der Waals surface area contributed by atoms with E-state index in [-0.39, 0.29) is 16.9 Å². The van der Waals surface area contributed by atoms with Crippen LogP contribution in [-0.2, 0) is 6.42 Å². The summed E-state index contributed by atoms with van der Waals surface area (Å²) in [6, 6.07) is 12.1. The lowest BCUT2D eigenvalue weighted by Crippen LogP contribution is -2.20. The summed E-state index contributed by atoms with van der Waals surface area (Å²) in [6.45, 7) is 1.96. The van der Waals surface area contributed by atoms with Crippen molar-refractivity contribution in [2.75, 3.05) is 0 Å². The molecule has 0 saturated carbocycles. The SMILES string of the molecule is CCc1cc(O)cc2c1oc1cc(-c3ccccc3Cl)c3c(c12)C(=O)NC3=O. The highest BCUT2D eigenvalue weighted by Gasteiger charge is 2.35. The molecular weight excluding hydrogens is 378 g/mol. The molecule has 28 heavy (non-hydrogen) atoms. The summed E-state index contributed by atoms with van der Waals surface area (Å²) >= 11 is 6.36. The van der Waals surface area contributed by atoms with Gasteiger partial charge in [0, 0.05) is 26.9 Å². The monoisotopic (exact) mass is 391 g/mol. The zero-order chi connectivity index (χ0) is 19.6. The number of phenolic OH excluding ortho intramolecular Hbond substituents is 1. The molecule has 2 heterocycles. The van der Waals surface area contributed by atoms with Gasteiger partial charge in [-0.1, -0.05) is 36.7 Å². The van der Waals surface area contributed by atoms with Crippen LogP contribution in [0.4, 0.5) is 0 Å². The first kappa shape index (κ1) is 16.8. The van der Waals surface area contributed by atoms with Gasteiger partial charge < -0.3 is 9.52 Å². The number of carbonyl (C=O) groups excluding carboxylic acids is 2. The minimum absolute atomic E-state index is 0.0840. The van der Waals surface area contributed by atoms with E-state index in [9.17, 15) is 14.7 Å². The average molecular weight is 392 g/mol. The summed E-state index contributed by atoms with van der Waals surface area (Å²) in [5, 5.41) is 14.1. The molecule has 2 amide bonds. The fourth-order valence-electron chi connectivity index (χ4n) is 3.94. The third-order valence-electron chi connectivity index (χ3n) is 5.15. The molecule has 6 heteroatoms. The maximum absolute atomic E-state index is 12.7. The Bertz CT molecular complexity index is 1340. The van der Waals surface area contributed by atoms with Gasteiger partial charge in [-0.25, -0.2) is 0 Å². The molecule has 0 saturated heterocycles. The lowest BCUT2D eigenvalue weighted by molar-refractivity contribution is 0.0880. The maximum Gasteiger partial charge on any atom is 0.259 e. The van der Waals surface area contributed by atoms with Crippen molar-refractivity contribution in [3.8, 4) is 16.9 Å². The van der Waals surface area contributed by atoms with Crippen LogP contribution in [-0.4, -0.2) is 16.9 Å². The molecule has 0 spiro atoms. The molecule has 1 aliphatic rings. The topological polar surface area (TPSA) is 79.5 Å². The molecule has 0 unspecified atom stereocenters. The lowest BCUT2D eigenvalue weighted by Gasteiger charge is -2.09. The molecule has 1 aromatic heterocycles. The summed E-state index contributed by atoms with van der Waals surface area (Å²) < 4.78 is 6.09. The first-order valence-corrected chi connectivity index (χ1v) is 9.23. The number of imide groups is 1. The van der Waals surface area contributed by atoms with Gasteiger partial charge in [-0.15, -0.1) is 0 Å². The zero-order valence-electron chi connectivity index (χ0n) is 14.8. The Morgan fingerprint density at radius 2 is 1.79 bits per heavy atom. The lowest BCUT2D eigenvalue weighted by atomic mass is 9.92. The summed E-state index contributed by atoms with van der Waals surface area (Å²) in [5.41, 5.74) is 3.60. The van der Waals surface area contributed by atoms with Crippen LogP contribution < -0.4 is 5.32 Å². The van der Waals surface area contributed by atoms with E-state index in [0.717, 1.165) is 5.56 Å². The van der Waals surface area contributed by atoms with Crippen molar-refractivity contribution in [2.24, 2.45) is 0 Å². The largest absolute Gasteiger partial charge is 0.508 e. The predicted octanol–water partition coefficient (Wildman–Crippen LogP) is 5.06. The summed E-state index contributed by atoms with van der Waals surface area (Å²) in [5.74, 6) is -0.870. The quantitative estimate of drug-likeness (QED) is 0.468. The van der Waals surface area contributed by atoms with E-state index in [4.69, 9.17) is 16.0 Å². The van der Waals surface area contributed by atoms with Gasteiger partial charge in [0.25, 0.3) is 11.8 Å². The zero-order valence-corrected chi connectivity index (χ0v) is 15.6. The third-order valence-corrected chi connectivity index (χ3v) is 5.48. The second-order valence-corrected chi connectivity index (χ2v) is 7.15. The number of fused-ring (bicyclic) bond motifs is 5. The van der Waals surface area contributed by atoms with Crippen LogP contribution in [0, 0.1) is 0 Å². The van der Waals surface area contributed by atoms with Crippen LogP contribution in [0.25, 0.3) is 33.1 Å². The van der Waals surface area contributed by atoms with E-state index in [1.807, 2.05) is 13.0 Å². The highest BCUT2D eigenvalue weighted by atomic mass is 35.5. The van der Waals surface area contributed by atoms with Crippen LogP contribution in [0.15, 0.2) is 46.9 Å². The van der Waals surface area contributed by atoms with E-state index >= 15 is 0 Å². The van der Waals surface area contributed by atoms with Crippen molar-refractivity contribution >= 4 is 45.4 Å². The highest BCUT2D eigenvalue weighted by Crippen LogP contribution is 2.43. The van der Waals surface area contributed by atoms with Crippen molar-refractivity contribution in [3.05, 3.63) is 64.2 Å². The molecule has 0 aliphatic carbocycles. The number of nitrogens with one attached hydrogen (secondary N) is 1. The summed E-state index contributed by atoms with van der Waals surface area (Å²) in [7, 11) is 0. The van der Waals surface area contributed by atoms with Crippen molar-refractivity contribution in [2.45, 2.75) is 13.3 Å². The molecular formula is C22H14ClNO4. The van der Waals surface area contributed by atoms with Gasteiger partial charge in [0.1, 0.15) is 16.9 Å². The fourth-order valence-corrected chi connectivity index (χ4v) is 4.18. The molecule has 138 valence electrons. The predicted molar refractivity (Wildman–Crippen MR) is 107 cm³/mol. The number of hydrogen-bond donors (Lipinski definition) is 2. The number of hydrogen-bond acceptors (Lipinski definition) is 4. The van der Waals surface area contributed by atoms with Gasteiger partial charge in [0.2, 0.25) is 0 Å². The number of halogens is 1. The fraction of sp³-hybridized carbons (Fsp3) is 0.0909. The summed E-state index contributed by atoms with van der Waals surface area (Å²) in [6.07, 6.45) is 0.648. The second-order valence-electron chi connectivity index (χ2n) is 6.75. The standard InChI is InChI=1S/C22H14ClNO4/c1-2-10-7-11(25)8-14-17-16(28-20(10)14)9-13(12-5-3-4-6-15(12)23)18-19(17)22(27)24-21(18)26/h3-9,25H,2H2,1H3,(H,24,26,27). The summed E-state index contributed by atoms with van der Waals surface area (Å²) in [4.78, 5) is 25.3. The molecule has 5 nitrogen and oxygen atoms in total. The van der Waals surface area contributed by atoms with E-state index in [0.29, 0.717) is 44.5 Å². The van der Waals surface area contributed by atoms with Crippen molar-refractivity contribution in [1.82, 2.24) is 5.32 Å². The number of aryl methyl sites for hydroxylation is 1. The Balaban J connectivity index is 2.00. The number of rotatable bonds is 2. The van der Waals surface area contributed by atoms with Gasteiger partial charge in [-0.2, -0.15) is 0 Å². The van der Waals surface area contributed by atoms with Crippen LogP contribution in [0.2, 0.25) is 5.02 Å². The Morgan fingerprint density at radius 3 is 2.54 bits per heavy atom. The van der Waals surface area contributed by atoms with Gasteiger partial charge in [-0.05, 0) is 36.2 Å². The number of phenols is 1. The highest BCUT2D eigenvalue weighted by molar-refractivity contribution is 6.35. The molecule has 0 radical (unpaired) electrons. The first-order chi connectivity index (χ1) is 13.5. The Hall–Kier alpha value is -3.31. The van der Waals surface area contributed by atoms with E-state index in [1.54, 1.807) is 36.4 Å². The van der Waals surface area contributed by atoms with Crippen LogP contribution in [0.3, 0.4) is 0 Å². The first-order valence-electron chi connectivity index (χ1n) is 8.85.